The second-order valence-electron chi connectivity index (χ2n) is 4.76. The summed E-state index contributed by atoms with van der Waals surface area (Å²) in [7, 11) is 0. The number of fused-ring (bicyclic) bond motifs is 2. The van der Waals surface area contributed by atoms with Gasteiger partial charge in [-0.3, -0.25) is 0 Å². The maximum Gasteiger partial charge on any atom is 0.255 e. The van der Waals surface area contributed by atoms with Crippen molar-refractivity contribution in [3.05, 3.63) is 54.1 Å². The van der Waals surface area contributed by atoms with Crippen LogP contribution in [0, 0.1) is 0 Å². The predicted octanol–water partition coefficient (Wildman–Crippen LogP) is 3.44. The van der Waals surface area contributed by atoms with Gasteiger partial charge in [-0.25, -0.2) is 4.99 Å². The van der Waals surface area contributed by atoms with E-state index in [0.717, 1.165) is 11.3 Å². The number of hydrogen-bond acceptors (Lipinski definition) is 3. The zero-order chi connectivity index (χ0) is 12.9. The number of para-hydroxylation sites is 3. The molecule has 2 aromatic rings. The van der Waals surface area contributed by atoms with E-state index in [1.807, 2.05) is 36.4 Å². The minimum absolute atomic E-state index is 0.437. The molecular formula is C15H11FN2O. The van der Waals surface area contributed by atoms with Crippen molar-refractivity contribution < 1.29 is 9.13 Å². The van der Waals surface area contributed by atoms with Gasteiger partial charge in [-0.15, -0.1) is 0 Å². The molecule has 0 bridgehead atoms. The fourth-order valence-corrected chi connectivity index (χ4v) is 2.57. The number of halogens is 1. The van der Waals surface area contributed by atoms with Crippen molar-refractivity contribution in [1.29, 1.82) is 0 Å². The highest BCUT2D eigenvalue weighted by Gasteiger charge is 2.47. The monoisotopic (exact) mass is 254 g/mol. The van der Waals surface area contributed by atoms with Gasteiger partial charge in [0.2, 0.25) is 0 Å². The second-order valence-corrected chi connectivity index (χ2v) is 4.76. The summed E-state index contributed by atoms with van der Waals surface area (Å²) < 4.78 is 20.2. The SMILES string of the molecule is FC1=Nc2ccccc2OC12Cc1ccccc1N2. The van der Waals surface area contributed by atoms with Crippen LogP contribution in [-0.2, 0) is 6.42 Å². The lowest BCUT2D eigenvalue weighted by molar-refractivity contribution is 0.162. The summed E-state index contributed by atoms with van der Waals surface area (Å²) in [4.78, 5) is 4.03. The van der Waals surface area contributed by atoms with Crippen LogP contribution < -0.4 is 10.1 Å². The number of benzene rings is 2. The summed E-state index contributed by atoms with van der Waals surface area (Å²) in [6.45, 7) is 0. The number of rotatable bonds is 0. The highest BCUT2D eigenvalue weighted by atomic mass is 19.1. The Morgan fingerprint density at radius 3 is 2.79 bits per heavy atom. The average Bonchev–Trinajstić information content (AvgIpc) is 2.79. The van der Waals surface area contributed by atoms with E-state index in [2.05, 4.69) is 10.3 Å². The lowest BCUT2D eigenvalue weighted by atomic mass is 10.1. The molecule has 1 unspecified atom stereocenters. The minimum Gasteiger partial charge on any atom is -0.457 e. The molecule has 0 fully saturated rings. The molecular weight excluding hydrogens is 243 g/mol. The van der Waals surface area contributed by atoms with E-state index in [9.17, 15) is 4.39 Å². The summed E-state index contributed by atoms with van der Waals surface area (Å²) >= 11 is 0. The van der Waals surface area contributed by atoms with Crippen LogP contribution in [0.5, 0.6) is 5.75 Å². The van der Waals surface area contributed by atoms with E-state index in [-0.39, 0.29) is 0 Å². The topological polar surface area (TPSA) is 33.6 Å². The lowest BCUT2D eigenvalue weighted by Crippen LogP contribution is -2.50. The normalized spacial score (nSPS) is 23.1. The molecule has 4 heteroatoms. The van der Waals surface area contributed by atoms with Crippen LogP contribution in [-0.4, -0.2) is 11.7 Å². The molecule has 1 spiro atoms. The number of ether oxygens (including phenoxy) is 1. The number of anilines is 1. The molecule has 3 nitrogen and oxygen atoms in total. The molecule has 1 N–H and O–H groups in total. The van der Waals surface area contributed by atoms with E-state index in [1.54, 1.807) is 12.1 Å². The quantitative estimate of drug-likeness (QED) is 0.781. The molecule has 0 amide bonds. The van der Waals surface area contributed by atoms with Crippen molar-refractivity contribution in [3.63, 3.8) is 0 Å². The Morgan fingerprint density at radius 2 is 1.89 bits per heavy atom. The van der Waals surface area contributed by atoms with Crippen molar-refractivity contribution in [2.45, 2.75) is 12.1 Å². The first-order chi connectivity index (χ1) is 9.27. The van der Waals surface area contributed by atoms with Gasteiger partial charge in [-0.2, -0.15) is 4.39 Å². The summed E-state index contributed by atoms with van der Waals surface area (Å²) in [6.07, 6.45) is 0.437. The molecule has 94 valence electrons. The van der Waals surface area contributed by atoms with E-state index in [0.29, 0.717) is 17.9 Å². The van der Waals surface area contributed by atoms with Crippen molar-refractivity contribution in [3.8, 4) is 5.75 Å². The lowest BCUT2D eigenvalue weighted by Gasteiger charge is -2.32. The smallest absolute Gasteiger partial charge is 0.255 e. The highest BCUT2D eigenvalue weighted by Crippen LogP contribution is 2.42. The Balaban J connectivity index is 1.80. The summed E-state index contributed by atoms with van der Waals surface area (Å²) in [5, 5.41) is 3.11. The predicted molar refractivity (Wildman–Crippen MR) is 71.8 cm³/mol. The maximum atomic E-state index is 14.3. The summed E-state index contributed by atoms with van der Waals surface area (Å²) in [6, 6.07) is 14.9. The molecule has 0 radical (unpaired) electrons. The second kappa shape index (κ2) is 3.57. The van der Waals surface area contributed by atoms with Gasteiger partial charge in [0, 0.05) is 12.1 Å². The molecule has 2 heterocycles. The molecule has 1 atom stereocenters. The summed E-state index contributed by atoms with van der Waals surface area (Å²) in [5.41, 5.74) is 1.28. The Labute approximate surface area is 109 Å². The molecule has 2 aliphatic heterocycles. The molecule has 2 aromatic carbocycles. The number of aliphatic imine (C=N–C) groups is 1. The van der Waals surface area contributed by atoms with Crippen LogP contribution in [0.3, 0.4) is 0 Å². The Kier molecular flexibility index (Phi) is 1.98. The van der Waals surface area contributed by atoms with Crippen molar-refractivity contribution in [1.82, 2.24) is 0 Å². The third-order valence-electron chi connectivity index (χ3n) is 3.49. The van der Waals surface area contributed by atoms with Gasteiger partial charge in [0.1, 0.15) is 11.4 Å². The van der Waals surface area contributed by atoms with Gasteiger partial charge in [-0.05, 0) is 23.8 Å². The molecule has 19 heavy (non-hydrogen) atoms. The fourth-order valence-electron chi connectivity index (χ4n) is 2.57. The van der Waals surface area contributed by atoms with Crippen LogP contribution in [0.1, 0.15) is 5.56 Å². The van der Waals surface area contributed by atoms with E-state index >= 15 is 0 Å². The summed E-state index contributed by atoms with van der Waals surface area (Å²) in [5.74, 6) is 0.0756. The minimum atomic E-state index is -1.18. The van der Waals surface area contributed by atoms with Crippen LogP contribution in [0.2, 0.25) is 0 Å². The van der Waals surface area contributed by atoms with Gasteiger partial charge in [0.05, 0.1) is 0 Å². The highest BCUT2D eigenvalue weighted by molar-refractivity contribution is 5.94. The molecule has 0 saturated carbocycles. The van der Waals surface area contributed by atoms with Gasteiger partial charge in [0.25, 0.3) is 11.7 Å². The van der Waals surface area contributed by atoms with Crippen molar-refractivity contribution >= 4 is 17.3 Å². The molecule has 4 rings (SSSR count). The fraction of sp³-hybridized carbons (Fsp3) is 0.133. The van der Waals surface area contributed by atoms with Gasteiger partial charge < -0.3 is 10.1 Å². The molecule has 0 saturated heterocycles. The zero-order valence-electron chi connectivity index (χ0n) is 10.1. The first kappa shape index (κ1) is 10.6. The molecule has 2 aliphatic rings. The number of hydrogen-bond donors (Lipinski definition) is 1. The van der Waals surface area contributed by atoms with E-state index in [1.165, 1.54) is 0 Å². The van der Waals surface area contributed by atoms with Crippen molar-refractivity contribution in [2.75, 3.05) is 5.32 Å². The first-order valence-corrected chi connectivity index (χ1v) is 6.16. The molecule has 0 aromatic heterocycles. The van der Waals surface area contributed by atoms with Gasteiger partial charge >= 0.3 is 0 Å². The average molecular weight is 254 g/mol. The van der Waals surface area contributed by atoms with E-state index < -0.39 is 11.7 Å². The zero-order valence-corrected chi connectivity index (χ0v) is 10.1. The van der Waals surface area contributed by atoms with Gasteiger partial charge in [0.15, 0.2) is 0 Å². The number of nitrogens with zero attached hydrogens (tertiary/aromatic N) is 1. The Bertz CT molecular complexity index is 671. The first-order valence-electron chi connectivity index (χ1n) is 6.16. The van der Waals surface area contributed by atoms with Crippen LogP contribution in [0.4, 0.5) is 15.8 Å². The van der Waals surface area contributed by atoms with Crippen molar-refractivity contribution in [2.24, 2.45) is 4.99 Å². The molecule has 0 aliphatic carbocycles. The third-order valence-corrected chi connectivity index (χ3v) is 3.49. The van der Waals surface area contributed by atoms with Gasteiger partial charge in [-0.1, -0.05) is 30.3 Å². The maximum absolute atomic E-state index is 14.3. The largest absolute Gasteiger partial charge is 0.457 e. The van der Waals surface area contributed by atoms with Crippen LogP contribution in [0.25, 0.3) is 0 Å². The number of nitrogens with one attached hydrogen (secondary N) is 1. The Hall–Kier alpha value is -2.36. The standard InChI is InChI=1S/C15H11FN2O/c16-14-15(9-10-5-1-2-6-11(10)18-15)19-13-8-4-3-7-12(13)17-14/h1-8,18H,9H2. The van der Waals surface area contributed by atoms with Crippen LogP contribution >= 0.6 is 0 Å². The Morgan fingerprint density at radius 1 is 1.11 bits per heavy atom. The van der Waals surface area contributed by atoms with E-state index in [4.69, 9.17) is 4.74 Å². The third kappa shape index (κ3) is 1.46. The van der Waals surface area contributed by atoms with Crippen LogP contribution in [0.15, 0.2) is 53.5 Å².